The third-order valence-corrected chi connectivity index (χ3v) is 6.61. The van der Waals surface area contributed by atoms with Crippen molar-refractivity contribution in [2.24, 2.45) is 11.7 Å². The summed E-state index contributed by atoms with van der Waals surface area (Å²) in [6, 6.07) is 20.4. The number of anilines is 1. The fraction of sp³-hybridized carbons (Fsp3) is 0.192. The lowest BCUT2D eigenvalue weighted by molar-refractivity contribution is -0.175. The smallest absolute Gasteiger partial charge is 0.265 e. The fourth-order valence-electron chi connectivity index (χ4n) is 4.52. The monoisotopic (exact) mass is 551 g/mol. The molecule has 0 saturated carbocycles. The number of imide groups is 1. The van der Waals surface area contributed by atoms with E-state index >= 15 is 0 Å². The van der Waals surface area contributed by atoms with E-state index in [9.17, 15) is 14.4 Å². The van der Waals surface area contributed by atoms with E-state index in [1.165, 1.54) is 5.06 Å². The molecule has 3 aromatic carbocycles. The van der Waals surface area contributed by atoms with Gasteiger partial charge in [0.2, 0.25) is 11.8 Å². The second-order valence-electron chi connectivity index (χ2n) is 8.38. The Morgan fingerprint density at radius 2 is 1.67 bits per heavy atom. The van der Waals surface area contributed by atoms with Gasteiger partial charge in [-0.3, -0.25) is 19.2 Å². The number of halogens is 1. The molecular weight excluding hydrogens is 530 g/mol. The van der Waals surface area contributed by atoms with Gasteiger partial charge in [0.15, 0.2) is 6.10 Å². The summed E-state index contributed by atoms with van der Waals surface area (Å²) in [6.45, 7) is -0.278. The van der Waals surface area contributed by atoms with Crippen LogP contribution in [0.4, 0.5) is 5.69 Å². The van der Waals surface area contributed by atoms with Gasteiger partial charge in [-0.15, -0.1) is 0 Å². The maximum Gasteiger partial charge on any atom is 0.265 e. The van der Waals surface area contributed by atoms with E-state index in [1.54, 1.807) is 79.9 Å². The van der Waals surface area contributed by atoms with Crippen LogP contribution in [0, 0.1) is 5.92 Å². The third-order valence-electron chi connectivity index (χ3n) is 6.09. The molecular formula is C26H22BrN3O6. The molecule has 3 unspecified atom stereocenters. The van der Waals surface area contributed by atoms with E-state index in [-0.39, 0.29) is 6.54 Å². The van der Waals surface area contributed by atoms with Crippen LogP contribution in [-0.4, -0.2) is 42.5 Å². The number of rotatable bonds is 7. The lowest BCUT2D eigenvalue weighted by atomic mass is 9.90. The second kappa shape index (κ2) is 9.73. The number of benzene rings is 3. The molecule has 2 aliphatic heterocycles. The Morgan fingerprint density at radius 1 is 0.972 bits per heavy atom. The number of hydrogen-bond acceptors (Lipinski definition) is 7. The summed E-state index contributed by atoms with van der Waals surface area (Å²) in [4.78, 5) is 45.6. The number of nitrogens with two attached hydrogens (primary N) is 1. The molecule has 5 rings (SSSR count). The molecule has 2 saturated heterocycles. The average molecular weight is 552 g/mol. The zero-order chi connectivity index (χ0) is 25.4. The van der Waals surface area contributed by atoms with Gasteiger partial charge in [-0.1, -0.05) is 28.1 Å². The molecule has 0 radical (unpaired) electrons. The Kier molecular flexibility index (Phi) is 6.48. The Labute approximate surface area is 215 Å². The molecule has 0 spiro atoms. The molecule has 3 amide bonds. The van der Waals surface area contributed by atoms with Crippen LogP contribution >= 0.6 is 15.9 Å². The van der Waals surface area contributed by atoms with Crippen molar-refractivity contribution < 1.29 is 28.7 Å². The number of carbonyl (C=O) groups excluding carboxylic acids is 3. The summed E-state index contributed by atoms with van der Waals surface area (Å²) >= 11 is 3.36. The molecule has 10 heteroatoms. The molecule has 0 bridgehead atoms. The van der Waals surface area contributed by atoms with E-state index < -0.39 is 35.8 Å². The molecule has 2 aliphatic rings. The summed E-state index contributed by atoms with van der Waals surface area (Å²) < 4.78 is 12.0. The predicted octanol–water partition coefficient (Wildman–Crippen LogP) is 3.58. The van der Waals surface area contributed by atoms with Crippen LogP contribution in [0.25, 0.3) is 0 Å². The highest BCUT2D eigenvalue weighted by atomic mass is 79.9. The van der Waals surface area contributed by atoms with Gasteiger partial charge in [0.25, 0.3) is 5.91 Å². The number of carbonyl (C=O) groups is 3. The largest absolute Gasteiger partial charge is 0.497 e. The number of nitrogens with zero attached hydrogens (tertiary/aromatic N) is 2. The van der Waals surface area contributed by atoms with Crippen molar-refractivity contribution in [3.63, 3.8) is 0 Å². The number of amides is 3. The summed E-state index contributed by atoms with van der Waals surface area (Å²) in [5.74, 6) is -0.600. The van der Waals surface area contributed by atoms with Crippen molar-refractivity contribution in [3.05, 3.63) is 82.8 Å². The minimum absolute atomic E-state index is 0.278. The maximum atomic E-state index is 13.6. The first-order chi connectivity index (χ1) is 17.4. The first kappa shape index (κ1) is 24.0. The molecule has 9 nitrogen and oxygen atoms in total. The minimum atomic E-state index is -1.07. The Bertz CT molecular complexity index is 1310. The number of fused-ring (bicyclic) bond motifs is 1. The molecule has 36 heavy (non-hydrogen) atoms. The number of hydrogen-bond donors (Lipinski definition) is 1. The molecule has 3 aromatic rings. The summed E-state index contributed by atoms with van der Waals surface area (Å²) in [5.41, 5.74) is 6.53. The molecule has 0 aliphatic carbocycles. The lowest BCUT2D eigenvalue weighted by Gasteiger charge is -2.26. The standard InChI is InChI=1S/C26H22BrN3O6/c1-34-18-9-11-19(12-10-18)35-20-4-2-3-15(13-20)23-22-24(36-29(23)14-21(28)31)26(33)30(25(22)32)17-7-5-16(27)6-8-17/h2-13,22-24H,14H2,1H3,(H2,28,31). The van der Waals surface area contributed by atoms with Crippen molar-refractivity contribution in [1.82, 2.24) is 5.06 Å². The Morgan fingerprint density at radius 3 is 2.33 bits per heavy atom. The van der Waals surface area contributed by atoms with Crippen LogP contribution in [0.1, 0.15) is 11.6 Å². The van der Waals surface area contributed by atoms with E-state index in [1.807, 2.05) is 0 Å². The number of ether oxygens (including phenoxy) is 2. The van der Waals surface area contributed by atoms with Gasteiger partial charge in [0, 0.05) is 4.47 Å². The zero-order valence-electron chi connectivity index (χ0n) is 19.2. The second-order valence-corrected chi connectivity index (χ2v) is 9.29. The van der Waals surface area contributed by atoms with Crippen molar-refractivity contribution in [2.45, 2.75) is 12.1 Å². The molecule has 0 aromatic heterocycles. The van der Waals surface area contributed by atoms with Gasteiger partial charge in [-0.2, -0.15) is 5.06 Å². The highest BCUT2D eigenvalue weighted by Crippen LogP contribution is 2.46. The van der Waals surface area contributed by atoms with Crippen LogP contribution in [0.2, 0.25) is 0 Å². The van der Waals surface area contributed by atoms with Gasteiger partial charge >= 0.3 is 0 Å². The summed E-state index contributed by atoms with van der Waals surface area (Å²) in [5, 5.41) is 1.32. The number of hydroxylamine groups is 2. The molecule has 2 heterocycles. The first-order valence-corrected chi connectivity index (χ1v) is 11.9. The van der Waals surface area contributed by atoms with E-state index in [0.717, 1.165) is 9.37 Å². The van der Waals surface area contributed by atoms with Gasteiger partial charge < -0.3 is 15.2 Å². The Hall–Kier alpha value is -3.73. The molecule has 184 valence electrons. The summed E-state index contributed by atoms with van der Waals surface area (Å²) in [6.07, 6.45) is -1.07. The minimum Gasteiger partial charge on any atom is -0.497 e. The highest BCUT2D eigenvalue weighted by molar-refractivity contribution is 9.10. The zero-order valence-corrected chi connectivity index (χ0v) is 20.8. The first-order valence-electron chi connectivity index (χ1n) is 11.1. The topological polar surface area (TPSA) is 111 Å². The van der Waals surface area contributed by atoms with Gasteiger partial charge in [0.05, 0.1) is 24.8 Å². The van der Waals surface area contributed by atoms with Crippen molar-refractivity contribution in [1.29, 1.82) is 0 Å². The van der Waals surface area contributed by atoms with Crippen molar-refractivity contribution in [3.8, 4) is 17.2 Å². The van der Waals surface area contributed by atoms with Crippen LogP contribution in [0.3, 0.4) is 0 Å². The normalized spacial score (nSPS) is 21.5. The fourth-order valence-corrected chi connectivity index (χ4v) is 4.78. The molecule has 3 atom stereocenters. The van der Waals surface area contributed by atoms with Crippen molar-refractivity contribution in [2.75, 3.05) is 18.6 Å². The van der Waals surface area contributed by atoms with Gasteiger partial charge in [-0.25, -0.2) is 4.90 Å². The van der Waals surface area contributed by atoms with Gasteiger partial charge in [0.1, 0.15) is 23.8 Å². The highest BCUT2D eigenvalue weighted by Gasteiger charge is 2.60. The SMILES string of the molecule is COc1ccc(Oc2cccc(C3C4C(=O)N(c5ccc(Br)cc5)C(=O)C4ON3CC(N)=O)c2)cc1. The lowest BCUT2D eigenvalue weighted by Crippen LogP contribution is -2.40. The Balaban J connectivity index is 1.47. The number of methoxy groups -OCH3 is 1. The van der Waals surface area contributed by atoms with E-state index in [4.69, 9.17) is 20.0 Å². The quantitative estimate of drug-likeness (QED) is 0.446. The van der Waals surface area contributed by atoms with Crippen LogP contribution < -0.4 is 20.1 Å². The molecule has 2 fully saturated rings. The van der Waals surface area contributed by atoms with Crippen LogP contribution in [-0.2, 0) is 19.2 Å². The van der Waals surface area contributed by atoms with Gasteiger partial charge in [-0.05, 0) is 66.2 Å². The predicted molar refractivity (Wildman–Crippen MR) is 133 cm³/mol. The third kappa shape index (κ3) is 4.46. The molecule has 2 N–H and O–H groups in total. The summed E-state index contributed by atoms with van der Waals surface area (Å²) in [7, 11) is 1.58. The van der Waals surface area contributed by atoms with E-state index in [2.05, 4.69) is 15.9 Å². The average Bonchev–Trinajstić information content (AvgIpc) is 3.34. The number of primary amides is 1. The van der Waals surface area contributed by atoms with Crippen molar-refractivity contribution >= 4 is 39.3 Å². The maximum absolute atomic E-state index is 13.6. The van der Waals surface area contributed by atoms with Crippen LogP contribution in [0.15, 0.2) is 77.3 Å². The van der Waals surface area contributed by atoms with E-state index in [0.29, 0.717) is 28.5 Å². The van der Waals surface area contributed by atoms with Crippen LogP contribution in [0.5, 0.6) is 17.2 Å².